The molecule has 1 heterocycles. The van der Waals surface area contributed by atoms with Gasteiger partial charge < -0.3 is 4.90 Å². The first-order chi connectivity index (χ1) is 17.0. The van der Waals surface area contributed by atoms with E-state index in [0.29, 0.717) is 18.6 Å². The Labute approximate surface area is 209 Å². The summed E-state index contributed by atoms with van der Waals surface area (Å²) in [7, 11) is -4.30. The number of carbonyl (C=O) groups is 1. The fourth-order valence-corrected chi connectivity index (χ4v) is 8.09. The molecule has 37 heavy (non-hydrogen) atoms. The Bertz CT molecular complexity index is 1310. The van der Waals surface area contributed by atoms with Gasteiger partial charge in [0.1, 0.15) is 4.75 Å². The van der Waals surface area contributed by atoms with Crippen LogP contribution in [0.3, 0.4) is 0 Å². The van der Waals surface area contributed by atoms with Crippen LogP contribution >= 0.6 is 0 Å². The fraction of sp³-hybridized carbons (Fsp3) is 0.480. The first-order valence-electron chi connectivity index (χ1n) is 11.6. The van der Waals surface area contributed by atoms with E-state index < -0.39 is 50.1 Å². The molecule has 4 rings (SSSR count). The van der Waals surface area contributed by atoms with E-state index in [1.165, 1.54) is 24.0 Å². The van der Waals surface area contributed by atoms with Crippen molar-refractivity contribution in [3.8, 4) is 0 Å². The van der Waals surface area contributed by atoms with Crippen LogP contribution in [-0.2, 0) is 37.9 Å². The van der Waals surface area contributed by atoms with Gasteiger partial charge in [0, 0.05) is 19.0 Å². The topological polar surface area (TPSA) is 54.5 Å². The molecule has 1 aliphatic carbocycles. The Morgan fingerprint density at radius 1 is 1.00 bits per heavy atom. The van der Waals surface area contributed by atoms with E-state index in [1.54, 1.807) is 12.1 Å². The van der Waals surface area contributed by atoms with Crippen molar-refractivity contribution in [2.24, 2.45) is 0 Å². The molecule has 1 amide bonds. The van der Waals surface area contributed by atoms with E-state index in [0.717, 1.165) is 11.6 Å². The predicted molar refractivity (Wildman–Crippen MR) is 120 cm³/mol. The number of fused-ring (bicyclic) bond motifs is 3. The minimum atomic E-state index is -6.29. The minimum absolute atomic E-state index is 0.0116. The summed E-state index contributed by atoms with van der Waals surface area (Å²) in [6.45, 7) is 3.18. The highest BCUT2D eigenvalue weighted by atomic mass is 32.2. The zero-order valence-corrected chi connectivity index (χ0v) is 20.7. The average molecular weight is 552 g/mol. The maximum atomic E-state index is 14.8. The molecule has 2 unspecified atom stereocenters. The fourth-order valence-electron chi connectivity index (χ4n) is 5.72. The van der Waals surface area contributed by atoms with Gasteiger partial charge >= 0.3 is 18.0 Å². The second-order valence-electron chi connectivity index (χ2n) is 9.43. The van der Waals surface area contributed by atoms with E-state index in [-0.39, 0.29) is 41.8 Å². The van der Waals surface area contributed by atoms with E-state index in [9.17, 15) is 43.9 Å². The standard InChI is InChI=1S/C25H24F7NO3S/c1-3-16-4-8-19(9-5-16)37(35,36)22-12-13-33(15(2)34)21(22)11-6-17-14-18(7-10-20(17)22)23(26,24(27,28)29)25(30,31)32/h4-5,7-10,14,21H,3,6,11-13H2,1-2H3. The number of hydrogen-bond acceptors (Lipinski definition) is 3. The maximum Gasteiger partial charge on any atom is 0.435 e. The summed E-state index contributed by atoms with van der Waals surface area (Å²) in [6, 6.07) is 6.83. The summed E-state index contributed by atoms with van der Waals surface area (Å²) in [5, 5.41) is 0. The lowest BCUT2D eigenvalue weighted by Gasteiger charge is -2.43. The molecule has 1 aliphatic heterocycles. The van der Waals surface area contributed by atoms with Gasteiger partial charge in [0.25, 0.3) is 0 Å². The maximum absolute atomic E-state index is 14.8. The molecule has 2 aromatic carbocycles. The van der Waals surface area contributed by atoms with Crippen molar-refractivity contribution in [2.45, 2.75) is 73.2 Å². The van der Waals surface area contributed by atoms with Crippen LogP contribution in [0.5, 0.6) is 0 Å². The monoisotopic (exact) mass is 551 g/mol. The zero-order chi connectivity index (χ0) is 27.6. The van der Waals surface area contributed by atoms with Crippen LogP contribution in [0.15, 0.2) is 47.4 Å². The van der Waals surface area contributed by atoms with Crippen LogP contribution in [0.25, 0.3) is 0 Å². The van der Waals surface area contributed by atoms with E-state index in [1.807, 2.05) is 6.92 Å². The number of rotatable bonds is 4. The Hall–Kier alpha value is -2.63. The van der Waals surface area contributed by atoms with E-state index in [2.05, 4.69) is 0 Å². The molecular formula is C25H24F7NO3S. The van der Waals surface area contributed by atoms with Gasteiger partial charge in [0.05, 0.1) is 10.9 Å². The SMILES string of the molecule is CCc1ccc(S(=O)(=O)C23CCN(C(C)=O)C2CCc2cc(C(F)(C(F)(F)F)C(F)(F)F)ccc23)cc1. The molecule has 2 atom stereocenters. The van der Waals surface area contributed by atoms with E-state index >= 15 is 0 Å². The van der Waals surface area contributed by atoms with Gasteiger partial charge in [-0.25, -0.2) is 12.8 Å². The van der Waals surface area contributed by atoms with Gasteiger partial charge in [-0.15, -0.1) is 0 Å². The van der Waals surface area contributed by atoms with Gasteiger partial charge in [-0.2, -0.15) is 26.3 Å². The van der Waals surface area contributed by atoms with Crippen molar-refractivity contribution in [3.63, 3.8) is 0 Å². The molecule has 0 aromatic heterocycles. The lowest BCUT2D eigenvalue weighted by Crippen LogP contribution is -2.52. The Kier molecular flexibility index (Phi) is 6.45. The minimum Gasteiger partial charge on any atom is -0.338 e. The molecule has 1 saturated heterocycles. The molecule has 0 bridgehead atoms. The molecule has 2 aromatic rings. The Morgan fingerprint density at radius 3 is 2.11 bits per heavy atom. The molecule has 4 nitrogen and oxygen atoms in total. The van der Waals surface area contributed by atoms with Crippen LogP contribution in [0, 0.1) is 0 Å². The number of benzene rings is 2. The first kappa shape index (κ1) is 27.4. The van der Waals surface area contributed by atoms with Crippen LogP contribution < -0.4 is 0 Å². The Morgan fingerprint density at radius 2 is 1.59 bits per heavy atom. The normalized spacial score (nSPS) is 22.5. The summed E-state index contributed by atoms with van der Waals surface area (Å²) in [4.78, 5) is 13.6. The molecule has 0 spiro atoms. The number of amides is 1. The predicted octanol–water partition coefficient (Wildman–Crippen LogP) is 5.77. The molecule has 202 valence electrons. The second-order valence-corrected chi connectivity index (χ2v) is 11.6. The number of aryl methyl sites for hydroxylation is 2. The van der Waals surface area contributed by atoms with Crippen molar-refractivity contribution in [1.82, 2.24) is 4.90 Å². The lowest BCUT2D eigenvalue weighted by atomic mass is 9.77. The van der Waals surface area contributed by atoms with Gasteiger partial charge in [-0.1, -0.05) is 37.3 Å². The summed E-state index contributed by atoms with van der Waals surface area (Å²) >= 11 is 0. The molecule has 12 heteroatoms. The highest BCUT2D eigenvalue weighted by Crippen LogP contribution is 2.56. The third kappa shape index (κ3) is 3.85. The number of hydrogen-bond donors (Lipinski definition) is 0. The number of nitrogens with zero attached hydrogens (tertiary/aromatic N) is 1. The molecule has 2 aliphatic rings. The van der Waals surface area contributed by atoms with Gasteiger partial charge in [0.15, 0.2) is 9.84 Å². The summed E-state index contributed by atoms with van der Waals surface area (Å²) in [5.74, 6) is -0.402. The number of carbonyl (C=O) groups excluding carboxylic acids is 1. The van der Waals surface area contributed by atoms with Crippen LogP contribution in [0.1, 0.15) is 48.9 Å². The Balaban J connectivity index is 1.95. The van der Waals surface area contributed by atoms with E-state index in [4.69, 9.17) is 0 Å². The largest absolute Gasteiger partial charge is 0.435 e. The summed E-state index contributed by atoms with van der Waals surface area (Å²) in [6.07, 6.45) is -12.2. The summed E-state index contributed by atoms with van der Waals surface area (Å²) < 4.78 is 122. The van der Waals surface area contributed by atoms with Gasteiger partial charge in [-0.05, 0) is 54.5 Å². The number of alkyl halides is 7. The van der Waals surface area contributed by atoms with Crippen LogP contribution in [0.4, 0.5) is 30.7 Å². The number of likely N-dealkylation sites (tertiary alicyclic amines) is 1. The van der Waals surface area contributed by atoms with Crippen LogP contribution in [-0.4, -0.2) is 44.2 Å². The van der Waals surface area contributed by atoms with Gasteiger partial charge in [-0.3, -0.25) is 4.79 Å². The van der Waals surface area contributed by atoms with Crippen molar-refractivity contribution in [2.75, 3.05) is 6.54 Å². The highest BCUT2D eigenvalue weighted by Gasteiger charge is 2.73. The molecule has 0 saturated carbocycles. The van der Waals surface area contributed by atoms with Gasteiger partial charge in [0.2, 0.25) is 5.91 Å². The molecule has 1 fully saturated rings. The second kappa shape index (κ2) is 8.71. The molecule has 0 N–H and O–H groups in total. The zero-order valence-electron chi connectivity index (χ0n) is 19.9. The van der Waals surface area contributed by atoms with Crippen LogP contribution in [0.2, 0.25) is 0 Å². The van der Waals surface area contributed by atoms with Crippen molar-refractivity contribution in [1.29, 1.82) is 0 Å². The smallest absolute Gasteiger partial charge is 0.338 e. The number of sulfone groups is 1. The summed E-state index contributed by atoms with van der Waals surface area (Å²) in [5.41, 5.74) is -6.57. The van der Waals surface area contributed by atoms with Crippen molar-refractivity contribution >= 4 is 15.7 Å². The number of halogens is 7. The lowest BCUT2D eigenvalue weighted by molar-refractivity contribution is -0.348. The first-order valence-corrected chi connectivity index (χ1v) is 13.1. The average Bonchev–Trinajstić information content (AvgIpc) is 3.24. The quantitative estimate of drug-likeness (QED) is 0.453. The van der Waals surface area contributed by atoms with Crippen molar-refractivity contribution < 1.29 is 43.9 Å². The third-order valence-corrected chi connectivity index (χ3v) is 10.1. The molecular weight excluding hydrogens is 527 g/mol. The third-order valence-electron chi connectivity index (χ3n) is 7.59. The molecule has 0 radical (unpaired) electrons. The highest BCUT2D eigenvalue weighted by molar-refractivity contribution is 7.92. The van der Waals surface area contributed by atoms with Crippen molar-refractivity contribution in [3.05, 3.63) is 64.7 Å².